The van der Waals surface area contributed by atoms with Gasteiger partial charge in [-0.05, 0) is 55.0 Å². The van der Waals surface area contributed by atoms with Crippen molar-refractivity contribution in [3.63, 3.8) is 0 Å². The Labute approximate surface area is 180 Å². The van der Waals surface area contributed by atoms with Crippen LogP contribution >= 0.6 is 46.1 Å². The number of anilines is 1. The van der Waals surface area contributed by atoms with Crippen LogP contribution < -0.4 is 5.32 Å². The normalized spacial score (nSPS) is 11.1. The van der Waals surface area contributed by atoms with Crippen molar-refractivity contribution in [1.29, 1.82) is 0 Å². The van der Waals surface area contributed by atoms with Gasteiger partial charge in [0, 0.05) is 31.8 Å². The summed E-state index contributed by atoms with van der Waals surface area (Å²) in [4.78, 5) is 18.0. The molecule has 4 nitrogen and oxygen atoms in total. The van der Waals surface area contributed by atoms with Gasteiger partial charge >= 0.3 is 0 Å². The van der Waals surface area contributed by atoms with Gasteiger partial charge in [0.1, 0.15) is 5.58 Å². The Morgan fingerprint density at radius 3 is 2.68 bits per heavy atom. The first kappa shape index (κ1) is 19.3. The smallest absolute Gasteiger partial charge is 0.293 e. The van der Waals surface area contributed by atoms with Gasteiger partial charge in [-0.2, -0.15) is 0 Å². The zero-order valence-corrected chi connectivity index (χ0v) is 17.6. The molecule has 0 aliphatic rings. The summed E-state index contributed by atoms with van der Waals surface area (Å²) in [5.41, 5.74) is 2.34. The molecule has 0 fully saturated rings. The second kappa shape index (κ2) is 7.76. The number of nitrogens with one attached hydrogen (secondary N) is 1. The first-order valence-electron chi connectivity index (χ1n) is 8.30. The van der Waals surface area contributed by atoms with Gasteiger partial charge in [0.25, 0.3) is 5.91 Å². The van der Waals surface area contributed by atoms with Crippen molar-refractivity contribution in [2.45, 2.75) is 13.3 Å². The maximum Gasteiger partial charge on any atom is 0.293 e. The van der Waals surface area contributed by atoms with Crippen molar-refractivity contribution in [2.24, 2.45) is 0 Å². The van der Waals surface area contributed by atoms with E-state index in [9.17, 15) is 4.79 Å². The lowest BCUT2D eigenvalue weighted by atomic mass is 10.1. The molecule has 2 aromatic heterocycles. The SMILES string of the molecule is Cc1nc(NC(=O)c2cc3cc(Cl)ccc3o2)sc1Cc1cc(Cl)ccc1Cl. The quantitative estimate of drug-likeness (QED) is 0.363. The van der Waals surface area contributed by atoms with E-state index in [0.29, 0.717) is 32.2 Å². The van der Waals surface area contributed by atoms with E-state index in [-0.39, 0.29) is 11.7 Å². The zero-order valence-electron chi connectivity index (χ0n) is 14.6. The number of halogens is 3. The molecule has 0 aliphatic carbocycles. The second-order valence-electron chi connectivity index (χ2n) is 6.19. The zero-order chi connectivity index (χ0) is 19.8. The number of aryl methyl sites for hydroxylation is 1. The highest BCUT2D eigenvalue weighted by atomic mass is 35.5. The van der Waals surface area contributed by atoms with E-state index in [4.69, 9.17) is 39.2 Å². The van der Waals surface area contributed by atoms with E-state index in [0.717, 1.165) is 21.5 Å². The number of hydrogen-bond donors (Lipinski definition) is 1. The summed E-state index contributed by atoms with van der Waals surface area (Å²) in [5.74, 6) is -0.169. The number of carbonyl (C=O) groups is 1. The molecule has 0 aliphatic heterocycles. The Kier molecular flexibility index (Phi) is 5.34. The fourth-order valence-corrected chi connectivity index (χ4v) is 4.32. The first-order valence-corrected chi connectivity index (χ1v) is 10.2. The second-order valence-corrected chi connectivity index (χ2v) is 8.55. The molecule has 2 aromatic carbocycles. The Morgan fingerprint density at radius 1 is 1.11 bits per heavy atom. The van der Waals surface area contributed by atoms with E-state index in [2.05, 4.69) is 10.3 Å². The van der Waals surface area contributed by atoms with Crippen molar-refractivity contribution in [1.82, 2.24) is 4.98 Å². The minimum Gasteiger partial charge on any atom is -0.451 e. The van der Waals surface area contributed by atoms with E-state index in [1.807, 2.05) is 13.0 Å². The molecule has 0 bridgehead atoms. The highest BCUT2D eigenvalue weighted by Gasteiger charge is 2.16. The number of aromatic nitrogens is 1. The summed E-state index contributed by atoms with van der Waals surface area (Å²) < 4.78 is 5.59. The molecule has 28 heavy (non-hydrogen) atoms. The van der Waals surface area contributed by atoms with Crippen molar-refractivity contribution < 1.29 is 9.21 Å². The molecular weight excluding hydrogens is 439 g/mol. The van der Waals surface area contributed by atoms with Gasteiger partial charge < -0.3 is 4.42 Å². The monoisotopic (exact) mass is 450 g/mol. The van der Waals surface area contributed by atoms with E-state index >= 15 is 0 Å². The summed E-state index contributed by atoms with van der Waals surface area (Å²) in [6.07, 6.45) is 0.585. The lowest BCUT2D eigenvalue weighted by Crippen LogP contribution is -2.10. The van der Waals surface area contributed by atoms with Crippen molar-refractivity contribution in [3.05, 3.63) is 79.4 Å². The van der Waals surface area contributed by atoms with E-state index in [1.165, 1.54) is 11.3 Å². The molecular formula is C20H13Cl3N2O2S. The van der Waals surface area contributed by atoms with Gasteiger partial charge in [-0.1, -0.05) is 34.8 Å². The Morgan fingerprint density at radius 2 is 1.86 bits per heavy atom. The number of nitrogens with zero attached hydrogens (tertiary/aromatic N) is 1. The Balaban J connectivity index is 1.54. The largest absolute Gasteiger partial charge is 0.451 e. The number of thiazole rings is 1. The van der Waals surface area contributed by atoms with Crippen LogP contribution in [-0.2, 0) is 6.42 Å². The number of furan rings is 1. The van der Waals surface area contributed by atoms with Crippen LogP contribution in [0.15, 0.2) is 46.9 Å². The lowest BCUT2D eigenvalue weighted by Gasteiger charge is -2.03. The Hall–Kier alpha value is -2.05. The maximum absolute atomic E-state index is 12.5. The molecule has 0 atom stereocenters. The summed E-state index contributed by atoms with van der Waals surface area (Å²) >= 11 is 19.7. The fraction of sp³-hybridized carbons (Fsp3) is 0.100. The van der Waals surface area contributed by atoms with Crippen molar-refractivity contribution in [2.75, 3.05) is 5.32 Å². The topological polar surface area (TPSA) is 55.1 Å². The highest BCUT2D eigenvalue weighted by Crippen LogP contribution is 2.30. The van der Waals surface area contributed by atoms with Crippen LogP contribution in [0, 0.1) is 6.92 Å². The average Bonchev–Trinajstić information content (AvgIpc) is 3.21. The lowest BCUT2D eigenvalue weighted by molar-refractivity contribution is 0.0998. The average molecular weight is 452 g/mol. The fourth-order valence-electron chi connectivity index (χ4n) is 2.78. The van der Waals surface area contributed by atoms with Crippen LogP contribution in [0.1, 0.15) is 26.7 Å². The number of hydrogen-bond acceptors (Lipinski definition) is 4. The third-order valence-electron chi connectivity index (χ3n) is 4.17. The maximum atomic E-state index is 12.5. The number of amides is 1. The van der Waals surface area contributed by atoms with Crippen molar-refractivity contribution >= 4 is 68.1 Å². The van der Waals surface area contributed by atoms with Crippen LogP contribution in [0.2, 0.25) is 15.1 Å². The summed E-state index contributed by atoms with van der Waals surface area (Å²) in [6.45, 7) is 1.89. The highest BCUT2D eigenvalue weighted by molar-refractivity contribution is 7.15. The number of benzene rings is 2. The molecule has 4 rings (SSSR count). The molecule has 142 valence electrons. The number of fused-ring (bicyclic) bond motifs is 1. The summed E-state index contributed by atoms with van der Waals surface area (Å²) in [7, 11) is 0. The minimum absolute atomic E-state index is 0.199. The molecule has 0 saturated carbocycles. The molecule has 0 saturated heterocycles. The summed E-state index contributed by atoms with van der Waals surface area (Å²) in [6, 6.07) is 12.2. The van der Waals surface area contributed by atoms with Crippen LogP contribution in [0.25, 0.3) is 11.0 Å². The van der Waals surface area contributed by atoms with Crippen LogP contribution in [-0.4, -0.2) is 10.9 Å². The van der Waals surface area contributed by atoms with Gasteiger partial charge in [-0.3, -0.25) is 10.1 Å². The van der Waals surface area contributed by atoms with Gasteiger partial charge in [0.05, 0.1) is 5.69 Å². The predicted molar refractivity (Wildman–Crippen MR) is 115 cm³/mol. The molecule has 1 amide bonds. The molecule has 2 heterocycles. The number of carbonyl (C=O) groups excluding carboxylic acids is 1. The van der Waals surface area contributed by atoms with Gasteiger partial charge in [-0.15, -0.1) is 11.3 Å². The standard InChI is InChI=1S/C20H13Cl3N2O2S/c1-10-18(9-11-6-13(21)2-4-15(11)23)28-20(24-10)25-19(26)17-8-12-7-14(22)3-5-16(12)27-17/h2-8H,9H2,1H3,(H,24,25,26). The van der Waals surface area contributed by atoms with Crippen LogP contribution in [0.3, 0.4) is 0 Å². The molecule has 4 aromatic rings. The van der Waals surface area contributed by atoms with Crippen LogP contribution in [0.4, 0.5) is 5.13 Å². The third kappa shape index (κ3) is 4.03. The molecule has 8 heteroatoms. The van der Waals surface area contributed by atoms with E-state index in [1.54, 1.807) is 36.4 Å². The third-order valence-corrected chi connectivity index (χ3v) is 6.09. The Bertz CT molecular complexity index is 1200. The van der Waals surface area contributed by atoms with Crippen molar-refractivity contribution in [3.8, 4) is 0 Å². The van der Waals surface area contributed by atoms with Crippen LogP contribution in [0.5, 0.6) is 0 Å². The predicted octanol–water partition coefficient (Wildman–Crippen LogP) is 7.00. The van der Waals surface area contributed by atoms with Gasteiger partial charge in [0.15, 0.2) is 10.9 Å². The van der Waals surface area contributed by atoms with Gasteiger partial charge in [-0.25, -0.2) is 4.98 Å². The number of rotatable bonds is 4. The first-order chi connectivity index (χ1) is 13.4. The van der Waals surface area contributed by atoms with E-state index < -0.39 is 0 Å². The summed E-state index contributed by atoms with van der Waals surface area (Å²) in [5, 5.41) is 5.90. The molecule has 0 unspecified atom stereocenters. The minimum atomic E-state index is -0.367. The van der Waals surface area contributed by atoms with Gasteiger partial charge in [0.2, 0.25) is 0 Å². The molecule has 0 spiro atoms. The molecule has 0 radical (unpaired) electrons. The molecule has 1 N–H and O–H groups in total.